The molecule has 0 saturated carbocycles. The van der Waals surface area contributed by atoms with Gasteiger partial charge in [0.15, 0.2) is 0 Å². The van der Waals surface area contributed by atoms with E-state index in [9.17, 15) is 4.79 Å². The van der Waals surface area contributed by atoms with E-state index in [2.05, 4.69) is 43.5 Å². The van der Waals surface area contributed by atoms with Crippen LogP contribution < -0.4 is 10.6 Å². The Morgan fingerprint density at radius 3 is 2.36 bits per heavy atom. The molecule has 1 fully saturated rings. The van der Waals surface area contributed by atoms with Crippen LogP contribution in [0.1, 0.15) is 51.6 Å². The maximum atomic E-state index is 12.4. The van der Waals surface area contributed by atoms with Crippen LogP contribution in [0.2, 0.25) is 0 Å². The van der Waals surface area contributed by atoms with Crippen LogP contribution in [-0.2, 0) is 4.79 Å². The van der Waals surface area contributed by atoms with Gasteiger partial charge < -0.3 is 10.6 Å². The lowest BCUT2D eigenvalue weighted by Gasteiger charge is -2.33. The molecule has 1 aromatic carbocycles. The van der Waals surface area contributed by atoms with Crippen molar-refractivity contribution in [3.8, 4) is 0 Å². The number of piperidine rings is 1. The van der Waals surface area contributed by atoms with Crippen molar-refractivity contribution in [2.75, 3.05) is 13.1 Å². The molecule has 1 saturated heterocycles. The zero-order valence-electron chi connectivity index (χ0n) is 13.9. The fourth-order valence-electron chi connectivity index (χ4n) is 3.01. The second-order valence-corrected chi connectivity index (χ2v) is 7.17. The minimum Gasteiger partial charge on any atom is -0.349 e. The topological polar surface area (TPSA) is 41.1 Å². The zero-order chi connectivity index (χ0) is 15.3. The Hall–Kier alpha value is -1.06. The van der Waals surface area contributed by atoms with E-state index in [-0.39, 0.29) is 29.8 Å². The Bertz CT molecular complexity index is 450. The van der Waals surface area contributed by atoms with Gasteiger partial charge in [-0.25, -0.2) is 0 Å². The van der Waals surface area contributed by atoms with Crippen molar-refractivity contribution in [2.24, 2.45) is 11.3 Å². The van der Waals surface area contributed by atoms with Crippen LogP contribution in [0.5, 0.6) is 0 Å². The zero-order valence-corrected chi connectivity index (χ0v) is 14.7. The summed E-state index contributed by atoms with van der Waals surface area (Å²) < 4.78 is 0. The lowest BCUT2D eigenvalue weighted by molar-refractivity contribution is -0.123. The Balaban J connectivity index is 0.00000242. The molecule has 0 spiro atoms. The van der Waals surface area contributed by atoms with Crippen molar-refractivity contribution in [1.82, 2.24) is 10.6 Å². The van der Waals surface area contributed by atoms with Crippen molar-refractivity contribution in [2.45, 2.75) is 46.1 Å². The van der Waals surface area contributed by atoms with E-state index in [0.29, 0.717) is 12.3 Å². The summed E-state index contributed by atoms with van der Waals surface area (Å²) >= 11 is 0. The fourth-order valence-corrected chi connectivity index (χ4v) is 3.01. The molecule has 124 valence electrons. The molecule has 0 aliphatic carbocycles. The first-order chi connectivity index (χ1) is 9.97. The number of hydrogen-bond donors (Lipinski definition) is 2. The normalized spacial score (nSPS) is 17.4. The number of hydrogen-bond acceptors (Lipinski definition) is 2. The number of nitrogens with one attached hydrogen (secondary N) is 2. The van der Waals surface area contributed by atoms with Crippen molar-refractivity contribution in [3.05, 3.63) is 35.9 Å². The van der Waals surface area contributed by atoms with Gasteiger partial charge in [0.25, 0.3) is 0 Å². The molecule has 0 bridgehead atoms. The summed E-state index contributed by atoms with van der Waals surface area (Å²) in [6.07, 6.45) is 2.87. The average Bonchev–Trinajstić information content (AvgIpc) is 2.45. The van der Waals surface area contributed by atoms with Gasteiger partial charge in [-0.15, -0.1) is 12.4 Å². The number of carbonyl (C=O) groups is 1. The van der Waals surface area contributed by atoms with Crippen LogP contribution in [-0.4, -0.2) is 19.0 Å². The molecule has 1 amide bonds. The summed E-state index contributed by atoms with van der Waals surface area (Å²) in [5, 5.41) is 6.61. The molecule has 3 nitrogen and oxygen atoms in total. The highest BCUT2D eigenvalue weighted by atomic mass is 35.5. The quantitative estimate of drug-likeness (QED) is 0.886. The molecule has 2 N–H and O–H groups in total. The van der Waals surface area contributed by atoms with Gasteiger partial charge in [-0.2, -0.15) is 0 Å². The van der Waals surface area contributed by atoms with E-state index in [1.165, 1.54) is 5.56 Å². The number of halogens is 1. The third-order valence-electron chi connectivity index (χ3n) is 4.24. The van der Waals surface area contributed by atoms with Crippen LogP contribution in [0.3, 0.4) is 0 Å². The summed E-state index contributed by atoms with van der Waals surface area (Å²) in [4.78, 5) is 12.4. The van der Waals surface area contributed by atoms with Crippen LogP contribution in [0.25, 0.3) is 0 Å². The predicted octanol–water partition coefficient (Wildman–Crippen LogP) is 3.70. The molecule has 0 aromatic heterocycles. The molecule has 1 unspecified atom stereocenters. The van der Waals surface area contributed by atoms with Crippen LogP contribution in [0, 0.1) is 11.3 Å². The van der Waals surface area contributed by atoms with E-state index >= 15 is 0 Å². The smallest absolute Gasteiger partial charge is 0.220 e. The predicted molar refractivity (Wildman–Crippen MR) is 94.2 cm³/mol. The number of carbonyl (C=O) groups excluding carboxylic acids is 1. The number of amides is 1. The molecule has 0 radical (unpaired) electrons. The summed E-state index contributed by atoms with van der Waals surface area (Å²) in [5.74, 6) is 0.716. The summed E-state index contributed by atoms with van der Waals surface area (Å²) in [7, 11) is 0. The van der Waals surface area contributed by atoms with Gasteiger partial charge in [-0.3, -0.25) is 4.79 Å². The van der Waals surface area contributed by atoms with Crippen LogP contribution in [0.15, 0.2) is 30.3 Å². The van der Waals surface area contributed by atoms with E-state index in [1.54, 1.807) is 0 Å². The van der Waals surface area contributed by atoms with E-state index < -0.39 is 0 Å². The maximum Gasteiger partial charge on any atom is 0.220 e. The van der Waals surface area contributed by atoms with E-state index in [4.69, 9.17) is 0 Å². The third kappa shape index (κ3) is 5.62. The van der Waals surface area contributed by atoms with Gasteiger partial charge in [-0.05, 0) is 42.8 Å². The van der Waals surface area contributed by atoms with Crippen LogP contribution in [0.4, 0.5) is 0 Å². The standard InChI is InChI=1S/C18H28N2O.ClH/c1-18(2,3)17(15-7-5-4-6-8-15)20-16(21)13-14-9-11-19-12-10-14;/h4-8,14,17,19H,9-13H2,1-3H3,(H,20,21);1H. The summed E-state index contributed by atoms with van der Waals surface area (Å²) in [6, 6.07) is 10.3. The first-order valence-corrected chi connectivity index (χ1v) is 8.02. The molecular formula is C18H29ClN2O. The molecule has 1 aliphatic rings. The minimum absolute atomic E-state index is 0. The Kier molecular flexibility index (Phi) is 7.37. The minimum atomic E-state index is 0. The third-order valence-corrected chi connectivity index (χ3v) is 4.24. The lowest BCUT2D eigenvalue weighted by Crippen LogP contribution is -2.38. The van der Waals surface area contributed by atoms with Gasteiger partial charge in [0.05, 0.1) is 6.04 Å². The summed E-state index contributed by atoms with van der Waals surface area (Å²) in [6.45, 7) is 8.61. The Morgan fingerprint density at radius 2 is 1.82 bits per heavy atom. The van der Waals surface area contributed by atoms with Crippen molar-refractivity contribution >= 4 is 18.3 Å². The number of rotatable bonds is 4. The second kappa shape index (κ2) is 8.54. The van der Waals surface area contributed by atoms with Gasteiger partial charge >= 0.3 is 0 Å². The average molecular weight is 325 g/mol. The molecule has 1 aromatic rings. The molecule has 1 aliphatic heterocycles. The highest BCUT2D eigenvalue weighted by molar-refractivity contribution is 5.85. The first kappa shape index (κ1) is 19.0. The van der Waals surface area contributed by atoms with E-state index in [1.807, 2.05) is 18.2 Å². The molecular weight excluding hydrogens is 296 g/mol. The largest absolute Gasteiger partial charge is 0.349 e. The van der Waals surface area contributed by atoms with E-state index in [0.717, 1.165) is 25.9 Å². The lowest BCUT2D eigenvalue weighted by atomic mass is 9.82. The highest BCUT2D eigenvalue weighted by Crippen LogP contribution is 2.33. The fraction of sp³-hybridized carbons (Fsp3) is 0.611. The Morgan fingerprint density at radius 1 is 1.23 bits per heavy atom. The monoisotopic (exact) mass is 324 g/mol. The van der Waals surface area contributed by atoms with Crippen molar-refractivity contribution in [3.63, 3.8) is 0 Å². The second-order valence-electron chi connectivity index (χ2n) is 7.17. The SMILES string of the molecule is CC(C)(C)C(NC(=O)CC1CCNCC1)c1ccccc1.Cl. The molecule has 22 heavy (non-hydrogen) atoms. The molecule has 2 rings (SSSR count). The summed E-state index contributed by atoms with van der Waals surface area (Å²) in [5.41, 5.74) is 1.19. The molecule has 1 heterocycles. The van der Waals surface area contributed by atoms with Gasteiger partial charge in [0.2, 0.25) is 5.91 Å². The van der Waals surface area contributed by atoms with Crippen molar-refractivity contribution in [1.29, 1.82) is 0 Å². The number of benzene rings is 1. The van der Waals surface area contributed by atoms with Crippen molar-refractivity contribution < 1.29 is 4.79 Å². The highest BCUT2D eigenvalue weighted by Gasteiger charge is 2.28. The van der Waals surface area contributed by atoms with Gasteiger partial charge in [0, 0.05) is 6.42 Å². The van der Waals surface area contributed by atoms with Gasteiger partial charge in [-0.1, -0.05) is 51.1 Å². The Labute approximate surface area is 140 Å². The maximum absolute atomic E-state index is 12.4. The van der Waals surface area contributed by atoms with Gasteiger partial charge in [0.1, 0.15) is 0 Å². The molecule has 1 atom stereocenters. The van der Waals surface area contributed by atoms with Crippen LogP contribution >= 0.6 is 12.4 Å². The molecule has 4 heteroatoms. The first-order valence-electron chi connectivity index (χ1n) is 8.02.